The van der Waals surface area contributed by atoms with Gasteiger partial charge in [0.05, 0.1) is 28.4 Å². The molecule has 0 saturated heterocycles. The Morgan fingerprint density at radius 3 is 2.56 bits per heavy atom. The molecule has 2 aromatic carbocycles. The van der Waals surface area contributed by atoms with E-state index in [0.717, 1.165) is 23.0 Å². The third-order valence-electron chi connectivity index (χ3n) is 4.10. The number of para-hydroxylation sites is 1. The number of nitrogens with zero attached hydrogens (tertiary/aromatic N) is 2. The van der Waals surface area contributed by atoms with Crippen molar-refractivity contribution in [1.29, 1.82) is 0 Å². The van der Waals surface area contributed by atoms with E-state index in [-0.39, 0.29) is 24.0 Å². The summed E-state index contributed by atoms with van der Waals surface area (Å²) in [5.74, 6) is -0.232. The highest BCUT2D eigenvalue weighted by Gasteiger charge is 2.34. The van der Waals surface area contributed by atoms with E-state index in [0.29, 0.717) is 9.83 Å². The molecule has 0 bridgehead atoms. The fraction of sp³-hybridized carbons (Fsp3) is 0.263. The van der Waals surface area contributed by atoms with Crippen LogP contribution in [0.2, 0.25) is 0 Å². The quantitative estimate of drug-likeness (QED) is 0.688. The van der Waals surface area contributed by atoms with Crippen LogP contribution in [0.15, 0.2) is 48.5 Å². The van der Waals surface area contributed by atoms with Gasteiger partial charge in [-0.25, -0.2) is 4.98 Å². The Morgan fingerprint density at radius 1 is 1.19 bits per heavy atom. The second-order valence-electron chi connectivity index (χ2n) is 6.20. The molecule has 0 saturated carbocycles. The van der Waals surface area contributed by atoms with Crippen molar-refractivity contribution in [2.75, 3.05) is 18.5 Å². The summed E-state index contributed by atoms with van der Waals surface area (Å²) < 4.78 is 39.8. The molecule has 4 nitrogen and oxygen atoms in total. The van der Waals surface area contributed by atoms with Crippen LogP contribution in [-0.2, 0) is 11.0 Å². The largest absolute Gasteiger partial charge is 0.418 e. The number of nitrogens with one attached hydrogen (secondary N) is 1. The first-order chi connectivity index (χ1) is 12.8. The molecule has 1 heterocycles. The van der Waals surface area contributed by atoms with E-state index in [2.05, 4.69) is 10.3 Å². The van der Waals surface area contributed by atoms with Crippen molar-refractivity contribution in [3.63, 3.8) is 0 Å². The summed E-state index contributed by atoms with van der Waals surface area (Å²) >= 11 is 1.13. The first kappa shape index (κ1) is 19.2. The maximum Gasteiger partial charge on any atom is 0.418 e. The molecular weight excluding hydrogens is 375 g/mol. The predicted octanol–water partition coefficient (Wildman–Crippen LogP) is 4.63. The minimum Gasteiger partial charge on any atom is -0.348 e. The van der Waals surface area contributed by atoms with Gasteiger partial charge in [0.1, 0.15) is 0 Å². The number of aromatic nitrogens is 1. The Labute approximate surface area is 158 Å². The van der Waals surface area contributed by atoms with Gasteiger partial charge in [0.15, 0.2) is 5.13 Å². The molecule has 1 N–H and O–H groups in total. The standard InChI is InChI=1S/C19H18F3N3OS/c1-12(13-7-4-3-5-8-13)23-16(26)11-25(2)18-24-17-14(19(20,21)22)9-6-10-15(17)27-18/h3-10,12H,11H2,1-2H3,(H,23,26)/t12-/m0/s1. The number of hydrogen-bond donors (Lipinski definition) is 1. The number of likely N-dealkylation sites (N-methyl/N-ethyl adjacent to an activating group) is 1. The Balaban J connectivity index is 1.72. The molecule has 142 valence electrons. The van der Waals surface area contributed by atoms with E-state index in [1.165, 1.54) is 6.07 Å². The third-order valence-corrected chi connectivity index (χ3v) is 5.23. The van der Waals surface area contributed by atoms with Crippen molar-refractivity contribution < 1.29 is 18.0 Å². The van der Waals surface area contributed by atoms with E-state index in [1.54, 1.807) is 18.0 Å². The number of fused-ring (bicyclic) bond motifs is 1. The zero-order valence-corrected chi connectivity index (χ0v) is 15.6. The Hall–Kier alpha value is -2.61. The molecule has 0 aliphatic rings. The lowest BCUT2D eigenvalue weighted by atomic mass is 10.1. The molecular formula is C19H18F3N3OS. The molecule has 0 radical (unpaired) electrons. The molecule has 8 heteroatoms. The normalized spacial score (nSPS) is 12.8. The van der Waals surface area contributed by atoms with Gasteiger partial charge in [-0.3, -0.25) is 4.79 Å². The fourth-order valence-corrected chi connectivity index (χ4v) is 3.68. The van der Waals surface area contributed by atoms with Crippen molar-refractivity contribution in [3.8, 4) is 0 Å². The summed E-state index contributed by atoms with van der Waals surface area (Å²) in [4.78, 5) is 18.0. The van der Waals surface area contributed by atoms with Gasteiger partial charge in [-0.1, -0.05) is 47.7 Å². The van der Waals surface area contributed by atoms with E-state index in [9.17, 15) is 18.0 Å². The van der Waals surface area contributed by atoms with Crippen LogP contribution in [0.25, 0.3) is 10.2 Å². The van der Waals surface area contributed by atoms with Crippen LogP contribution in [0, 0.1) is 0 Å². The minimum absolute atomic E-state index is 0.00164. The number of carbonyl (C=O) groups excluding carboxylic acids is 1. The van der Waals surface area contributed by atoms with Crippen molar-refractivity contribution in [2.45, 2.75) is 19.1 Å². The van der Waals surface area contributed by atoms with Gasteiger partial charge in [-0.15, -0.1) is 0 Å². The molecule has 0 unspecified atom stereocenters. The monoisotopic (exact) mass is 393 g/mol. The van der Waals surface area contributed by atoms with Gasteiger partial charge in [0, 0.05) is 7.05 Å². The van der Waals surface area contributed by atoms with E-state index in [1.807, 2.05) is 37.3 Å². The second-order valence-corrected chi connectivity index (χ2v) is 7.21. The first-order valence-corrected chi connectivity index (χ1v) is 9.09. The topological polar surface area (TPSA) is 45.2 Å². The average molecular weight is 393 g/mol. The fourth-order valence-electron chi connectivity index (χ4n) is 2.72. The van der Waals surface area contributed by atoms with Crippen molar-refractivity contribution in [3.05, 3.63) is 59.7 Å². The highest BCUT2D eigenvalue weighted by molar-refractivity contribution is 7.22. The average Bonchev–Trinajstić information content (AvgIpc) is 3.05. The molecule has 1 aromatic heterocycles. The maximum atomic E-state index is 13.1. The lowest BCUT2D eigenvalue weighted by molar-refractivity contribution is -0.136. The molecule has 0 spiro atoms. The van der Waals surface area contributed by atoms with Gasteiger partial charge < -0.3 is 10.2 Å². The number of thiazole rings is 1. The lowest BCUT2D eigenvalue weighted by Crippen LogP contribution is -2.36. The number of rotatable bonds is 5. The van der Waals surface area contributed by atoms with Gasteiger partial charge in [-0.2, -0.15) is 13.2 Å². The van der Waals surface area contributed by atoms with Crippen LogP contribution in [0.4, 0.5) is 18.3 Å². The van der Waals surface area contributed by atoms with Gasteiger partial charge >= 0.3 is 6.18 Å². The summed E-state index contributed by atoms with van der Waals surface area (Å²) in [5, 5.41) is 3.25. The molecule has 1 atom stereocenters. The molecule has 3 aromatic rings. The van der Waals surface area contributed by atoms with Crippen LogP contribution < -0.4 is 10.2 Å². The number of halogens is 3. The number of carbonyl (C=O) groups is 1. The number of amides is 1. The number of alkyl halides is 3. The van der Waals surface area contributed by atoms with Gasteiger partial charge in [0.25, 0.3) is 0 Å². The molecule has 3 rings (SSSR count). The molecule has 0 aliphatic carbocycles. The molecule has 0 aliphatic heterocycles. The summed E-state index contributed by atoms with van der Waals surface area (Å²) in [7, 11) is 1.64. The molecule has 27 heavy (non-hydrogen) atoms. The van der Waals surface area contributed by atoms with Crippen molar-refractivity contribution >= 4 is 32.6 Å². The predicted molar refractivity (Wildman–Crippen MR) is 101 cm³/mol. The van der Waals surface area contributed by atoms with Crippen LogP contribution in [0.5, 0.6) is 0 Å². The number of benzene rings is 2. The van der Waals surface area contributed by atoms with Crippen LogP contribution >= 0.6 is 11.3 Å². The molecule has 0 fully saturated rings. The zero-order valence-electron chi connectivity index (χ0n) is 14.7. The zero-order chi connectivity index (χ0) is 19.6. The summed E-state index contributed by atoms with van der Waals surface area (Å²) in [5.41, 5.74) is 0.122. The first-order valence-electron chi connectivity index (χ1n) is 8.28. The maximum absolute atomic E-state index is 13.1. The minimum atomic E-state index is -4.47. The van der Waals surface area contributed by atoms with Crippen LogP contribution in [0.1, 0.15) is 24.1 Å². The van der Waals surface area contributed by atoms with Crippen LogP contribution in [-0.4, -0.2) is 24.5 Å². The third kappa shape index (κ3) is 4.39. The highest BCUT2D eigenvalue weighted by atomic mass is 32.1. The Kier molecular flexibility index (Phi) is 5.36. The van der Waals surface area contributed by atoms with E-state index >= 15 is 0 Å². The van der Waals surface area contributed by atoms with Crippen LogP contribution in [0.3, 0.4) is 0 Å². The summed E-state index contributed by atoms with van der Waals surface area (Å²) in [6, 6.07) is 13.3. The van der Waals surface area contributed by atoms with Gasteiger partial charge in [-0.05, 0) is 24.6 Å². The second kappa shape index (κ2) is 7.56. The van der Waals surface area contributed by atoms with E-state index < -0.39 is 11.7 Å². The number of hydrogen-bond acceptors (Lipinski definition) is 4. The van der Waals surface area contributed by atoms with Gasteiger partial charge in [0.2, 0.25) is 5.91 Å². The highest BCUT2D eigenvalue weighted by Crippen LogP contribution is 2.38. The Bertz CT molecular complexity index is 940. The van der Waals surface area contributed by atoms with E-state index in [4.69, 9.17) is 0 Å². The SMILES string of the molecule is C[C@H](NC(=O)CN(C)c1nc2c(C(F)(F)F)cccc2s1)c1ccccc1. The summed E-state index contributed by atoms with van der Waals surface area (Å²) in [6.45, 7) is 1.87. The lowest BCUT2D eigenvalue weighted by Gasteiger charge is -2.18. The smallest absolute Gasteiger partial charge is 0.348 e. The number of anilines is 1. The molecule has 1 amide bonds. The van der Waals surface area contributed by atoms with Crippen molar-refractivity contribution in [2.24, 2.45) is 0 Å². The summed E-state index contributed by atoms with van der Waals surface area (Å²) in [6.07, 6.45) is -4.47. The van der Waals surface area contributed by atoms with Crippen molar-refractivity contribution in [1.82, 2.24) is 10.3 Å². The Morgan fingerprint density at radius 2 is 1.89 bits per heavy atom.